The molecule has 184 valence electrons. The summed E-state index contributed by atoms with van der Waals surface area (Å²) >= 11 is 0. The molecule has 5 rings (SSSR count). The van der Waals surface area contributed by atoms with Gasteiger partial charge in [0.05, 0.1) is 19.2 Å². The summed E-state index contributed by atoms with van der Waals surface area (Å²) in [5, 5.41) is 22.0. The number of methoxy groups -OCH3 is 1. The van der Waals surface area contributed by atoms with Crippen LogP contribution in [0.3, 0.4) is 0 Å². The lowest BCUT2D eigenvalue weighted by Gasteiger charge is -2.10. The van der Waals surface area contributed by atoms with E-state index in [0.717, 1.165) is 5.56 Å². The van der Waals surface area contributed by atoms with Crippen LogP contribution in [0.15, 0.2) is 78.9 Å². The Kier molecular flexibility index (Phi) is 6.19. The number of ether oxygens (including phenoxy) is 1. The maximum atomic E-state index is 15.1. The minimum absolute atomic E-state index is 0.156. The van der Waals surface area contributed by atoms with Crippen molar-refractivity contribution >= 4 is 29.2 Å². The van der Waals surface area contributed by atoms with Crippen molar-refractivity contribution in [1.82, 2.24) is 0 Å². The van der Waals surface area contributed by atoms with Crippen molar-refractivity contribution in [2.75, 3.05) is 12.4 Å². The van der Waals surface area contributed by atoms with Gasteiger partial charge in [0, 0.05) is 27.8 Å². The van der Waals surface area contributed by atoms with Crippen LogP contribution in [0.1, 0.15) is 16.7 Å². The number of nitrogens with one attached hydrogen (secondary N) is 1. The van der Waals surface area contributed by atoms with Gasteiger partial charge in [-0.2, -0.15) is 0 Å². The van der Waals surface area contributed by atoms with Crippen LogP contribution in [0, 0.1) is 5.82 Å². The van der Waals surface area contributed by atoms with Gasteiger partial charge in [0.1, 0.15) is 17.3 Å². The van der Waals surface area contributed by atoms with Crippen LogP contribution >= 0.6 is 0 Å². The van der Waals surface area contributed by atoms with Gasteiger partial charge in [-0.15, -0.1) is 0 Å². The average molecular weight is 496 g/mol. The molecule has 4 aromatic carbocycles. The maximum Gasteiger partial charge on any atom is 0.307 e. The van der Waals surface area contributed by atoms with Crippen LogP contribution in [-0.2, 0) is 16.0 Å². The lowest BCUT2D eigenvalue weighted by molar-refractivity contribution is -0.136. The Balaban J connectivity index is 1.53. The number of carbonyl (C=O) groups is 2. The van der Waals surface area contributed by atoms with E-state index in [1.54, 1.807) is 72.8 Å². The molecule has 0 radical (unpaired) electrons. The highest BCUT2D eigenvalue weighted by atomic mass is 19.1. The summed E-state index contributed by atoms with van der Waals surface area (Å²) in [6, 6.07) is 22.1. The Hall–Kier alpha value is -4.91. The van der Waals surface area contributed by atoms with Gasteiger partial charge in [-0.25, -0.2) is 4.39 Å². The Bertz CT molecular complexity index is 1570. The monoisotopic (exact) mass is 495 g/mol. The molecule has 1 heterocycles. The van der Waals surface area contributed by atoms with E-state index in [0.29, 0.717) is 50.4 Å². The van der Waals surface area contributed by atoms with Crippen molar-refractivity contribution in [2.45, 2.75) is 6.42 Å². The number of aromatic hydroxyl groups is 1. The first-order valence-corrected chi connectivity index (χ1v) is 11.5. The normalized spacial score (nSPS) is 13.4. The largest absolute Gasteiger partial charge is 0.507 e. The topological polar surface area (TPSA) is 95.9 Å². The highest BCUT2D eigenvalue weighted by molar-refractivity contribution is 6.35. The van der Waals surface area contributed by atoms with Crippen molar-refractivity contribution in [3.05, 3.63) is 101 Å². The molecular formula is C30H22FNO5. The number of rotatable bonds is 6. The van der Waals surface area contributed by atoms with Gasteiger partial charge in [-0.3, -0.25) is 9.59 Å². The second-order valence-corrected chi connectivity index (χ2v) is 8.63. The van der Waals surface area contributed by atoms with Crippen LogP contribution in [0.2, 0.25) is 0 Å². The van der Waals surface area contributed by atoms with Crippen LogP contribution in [0.4, 0.5) is 10.1 Å². The van der Waals surface area contributed by atoms with E-state index < -0.39 is 11.8 Å². The molecule has 7 heteroatoms. The molecular weight excluding hydrogens is 473 g/mol. The van der Waals surface area contributed by atoms with Gasteiger partial charge in [0.25, 0.3) is 5.91 Å². The van der Waals surface area contributed by atoms with Crippen molar-refractivity contribution in [1.29, 1.82) is 0 Å². The third-order valence-corrected chi connectivity index (χ3v) is 6.26. The van der Waals surface area contributed by atoms with Gasteiger partial charge in [-0.1, -0.05) is 48.5 Å². The third kappa shape index (κ3) is 4.67. The molecule has 4 aromatic rings. The molecule has 0 aromatic heterocycles. The highest BCUT2D eigenvalue weighted by Crippen LogP contribution is 2.39. The smallest absolute Gasteiger partial charge is 0.307 e. The van der Waals surface area contributed by atoms with E-state index in [-0.39, 0.29) is 18.1 Å². The van der Waals surface area contributed by atoms with E-state index in [9.17, 15) is 19.8 Å². The predicted molar refractivity (Wildman–Crippen MR) is 140 cm³/mol. The van der Waals surface area contributed by atoms with Gasteiger partial charge >= 0.3 is 5.97 Å². The van der Waals surface area contributed by atoms with Crippen molar-refractivity contribution < 1.29 is 28.9 Å². The Morgan fingerprint density at radius 1 is 0.946 bits per heavy atom. The molecule has 0 aliphatic carbocycles. The Morgan fingerprint density at radius 2 is 1.65 bits per heavy atom. The first-order chi connectivity index (χ1) is 17.8. The molecule has 3 N–H and O–H groups in total. The molecule has 0 fully saturated rings. The number of hydrogen-bond acceptors (Lipinski definition) is 4. The summed E-state index contributed by atoms with van der Waals surface area (Å²) in [6.45, 7) is 0. The van der Waals surface area contributed by atoms with E-state index in [1.165, 1.54) is 13.2 Å². The molecule has 0 spiro atoms. The zero-order chi connectivity index (χ0) is 26.1. The average Bonchev–Trinajstić information content (AvgIpc) is 3.17. The molecule has 37 heavy (non-hydrogen) atoms. The molecule has 0 unspecified atom stereocenters. The van der Waals surface area contributed by atoms with Gasteiger partial charge in [0.2, 0.25) is 0 Å². The van der Waals surface area contributed by atoms with Crippen LogP contribution in [-0.4, -0.2) is 29.2 Å². The lowest BCUT2D eigenvalue weighted by Crippen LogP contribution is -2.04. The number of carboxylic acids is 1. The summed E-state index contributed by atoms with van der Waals surface area (Å²) in [6.07, 6.45) is 1.42. The number of phenols is 1. The molecule has 0 atom stereocenters. The minimum Gasteiger partial charge on any atom is -0.507 e. The number of fused-ring (bicyclic) bond motifs is 1. The van der Waals surface area contributed by atoms with Crippen molar-refractivity contribution in [3.63, 3.8) is 0 Å². The molecule has 1 aliphatic rings. The van der Waals surface area contributed by atoms with Gasteiger partial charge in [-0.05, 0) is 53.1 Å². The number of hydrogen-bond donors (Lipinski definition) is 3. The van der Waals surface area contributed by atoms with E-state index in [4.69, 9.17) is 4.74 Å². The van der Waals surface area contributed by atoms with Crippen molar-refractivity contribution in [3.8, 4) is 33.8 Å². The van der Waals surface area contributed by atoms with Crippen LogP contribution in [0.25, 0.3) is 33.9 Å². The SMILES string of the molecule is COc1ccc(/C=C2\C(=O)Nc3cc(F)c(-c4ccc(-c5ccccc5O)cc4)cc32)cc1CC(=O)O. The quantitative estimate of drug-likeness (QED) is 0.286. The molecule has 1 amide bonds. The highest BCUT2D eigenvalue weighted by Gasteiger charge is 2.26. The van der Waals surface area contributed by atoms with Crippen LogP contribution in [0.5, 0.6) is 11.5 Å². The summed E-state index contributed by atoms with van der Waals surface area (Å²) < 4.78 is 20.3. The fourth-order valence-corrected chi connectivity index (χ4v) is 4.48. The van der Waals surface area contributed by atoms with E-state index in [1.807, 2.05) is 6.07 Å². The first kappa shape index (κ1) is 23.8. The summed E-state index contributed by atoms with van der Waals surface area (Å²) in [4.78, 5) is 24.0. The zero-order valence-corrected chi connectivity index (χ0v) is 19.8. The Labute approximate surface area is 212 Å². The van der Waals surface area contributed by atoms with Gasteiger partial charge < -0.3 is 20.3 Å². The van der Waals surface area contributed by atoms with Gasteiger partial charge in [0.15, 0.2) is 0 Å². The third-order valence-electron chi connectivity index (χ3n) is 6.26. The summed E-state index contributed by atoms with van der Waals surface area (Å²) in [5.74, 6) is -1.26. The molecule has 6 nitrogen and oxygen atoms in total. The number of carboxylic acid groups (broad SMARTS) is 1. The first-order valence-electron chi connectivity index (χ1n) is 11.5. The molecule has 0 saturated carbocycles. The number of amides is 1. The number of aliphatic carboxylic acids is 1. The fraction of sp³-hybridized carbons (Fsp3) is 0.0667. The van der Waals surface area contributed by atoms with E-state index in [2.05, 4.69) is 5.32 Å². The molecule has 0 saturated heterocycles. The molecule has 0 bridgehead atoms. The second kappa shape index (κ2) is 9.62. The minimum atomic E-state index is -0.999. The number of benzene rings is 4. The summed E-state index contributed by atoms with van der Waals surface area (Å²) in [5.41, 5.74) is 4.75. The number of halogens is 1. The van der Waals surface area contributed by atoms with Crippen LogP contribution < -0.4 is 10.1 Å². The number of carbonyl (C=O) groups excluding carboxylic acids is 1. The summed E-state index contributed by atoms with van der Waals surface area (Å²) in [7, 11) is 1.46. The number of phenolic OH excluding ortho intramolecular Hbond substituents is 1. The second-order valence-electron chi connectivity index (χ2n) is 8.63. The van der Waals surface area contributed by atoms with E-state index >= 15 is 4.39 Å². The number of para-hydroxylation sites is 1. The lowest BCUT2D eigenvalue weighted by atomic mass is 9.95. The predicted octanol–water partition coefficient (Wildman–Crippen LogP) is 5.99. The maximum absolute atomic E-state index is 15.1. The fourth-order valence-electron chi connectivity index (χ4n) is 4.48. The van der Waals surface area contributed by atoms with Crippen molar-refractivity contribution in [2.24, 2.45) is 0 Å². The number of anilines is 1. The zero-order valence-electron chi connectivity index (χ0n) is 19.8. The molecule has 1 aliphatic heterocycles. The standard InChI is InChI=1S/C30H22FNO5/c1-37-28-11-6-17(12-20(28)14-29(34)35)13-24-23-15-22(25(31)16-26(23)32-30(24)36)19-9-7-18(8-10-19)21-4-2-3-5-27(21)33/h2-13,15-16,33H,14H2,1H3,(H,32,36)(H,34,35)/b24-13-. The Morgan fingerprint density at radius 3 is 2.32 bits per heavy atom.